The molecule has 6 nitrogen and oxygen atoms in total. The number of aryl methyl sites for hydroxylation is 1. The van der Waals surface area contributed by atoms with Gasteiger partial charge < -0.3 is 14.0 Å². The van der Waals surface area contributed by atoms with Crippen LogP contribution in [0.15, 0.2) is 78.1 Å². The van der Waals surface area contributed by atoms with Crippen molar-refractivity contribution in [1.29, 1.82) is 0 Å². The maximum atomic E-state index is 12.8. The summed E-state index contributed by atoms with van der Waals surface area (Å²) in [6.07, 6.45) is 9.46. The highest BCUT2D eigenvalue weighted by molar-refractivity contribution is 5.94. The van der Waals surface area contributed by atoms with Crippen molar-refractivity contribution in [3.63, 3.8) is 0 Å². The Balaban J connectivity index is 1.76. The third-order valence-corrected chi connectivity index (χ3v) is 5.41. The number of aromatic nitrogens is 2. The number of nitrogens with zero attached hydrogens (tertiary/aromatic N) is 2. The maximum Gasteiger partial charge on any atom is 0.343 e. The summed E-state index contributed by atoms with van der Waals surface area (Å²) in [6.45, 7) is 4.78. The minimum absolute atomic E-state index is 0.313. The highest BCUT2D eigenvalue weighted by Crippen LogP contribution is 2.27. The first-order valence-corrected chi connectivity index (χ1v) is 11.1. The predicted octanol–water partition coefficient (Wildman–Crippen LogP) is 5.71. The molecule has 0 saturated heterocycles. The summed E-state index contributed by atoms with van der Waals surface area (Å²) in [5.74, 6) is 0.337. The maximum absolute atomic E-state index is 12.8. The summed E-state index contributed by atoms with van der Waals surface area (Å²) in [7, 11) is 0. The predicted molar refractivity (Wildman–Crippen MR) is 128 cm³/mol. The van der Waals surface area contributed by atoms with Crippen molar-refractivity contribution >= 4 is 29.0 Å². The molecule has 0 fully saturated rings. The van der Waals surface area contributed by atoms with Crippen molar-refractivity contribution in [2.75, 3.05) is 6.61 Å². The largest absolute Gasteiger partial charge is 0.462 e. The third-order valence-electron chi connectivity index (χ3n) is 5.41. The fourth-order valence-corrected chi connectivity index (χ4v) is 3.78. The van der Waals surface area contributed by atoms with Crippen molar-refractivity contribution < 1.29 is 19.1 Å². The van der Waals surface area contributed by atoms with E-state index in [-0.39, 0.29) is 5.97 Å². The molecule has 1 aromatic heterocycles. The quantitative estimate of drug-likeness (QED) is 0.346. The van der Waals surface area contributed by atoms with Crippen LogP contribution in [0, 0.1) is 0 Å². The molecule has 0 N–H and O–H groups in total. The molecule has 6 heteroatoms. The van der Waals surface area contributed by atoms with E-state index in [1.54, 1.807) is 49.4 Å². The zero-order chi connectivity index (χ0) is 23.2. The van der Waals surface area contributed by atoms with Crippen LogP contribution in [-0.2, 0) is 16.0 Å². The minimum atomic E-state index is -0.416. The van der Waals surface area contributed by atoms with E-state index in [9.17, 15) is 9.59 Å². The number of fused-ring (bicyclic) bond motifs is 1. The standard InChI is InChI=1S/C27H26N2O4/c1-3-29-23-16-15-21(26(30)32-4-2)17-22(23)28-25(29)18-24(19-11-7-5-8-12-19)33-27(31)20-13-9-6-10-14-20/h5-7,9-11,13-18H,3-4,8,12H2,1-2H3/b24-18+. The van der Waals surface area contributed by atoms with Gasteiger partial charge in [-0.1, -0.05) is 36.4 Å². The molecular weight excluding hydrogens is 416 g/mol. The Hall–Kier alpha value is -3.93. The van der Waals surface area contributed by atoms with Crippen molar-refractivity contribution in [3.8, 4) is 0 Å². The summed E-state index contributed by atoms with van der Waals surface area (Å²) in [5.41, 5.74) is 3.45. The number of carbonyl (C=O) groups is 2. The number of hydrogen-bond acceptors (Lipinski definition) is 5. The van der Waals surface area contributed by atoms with Gasteiger partial charge in [0.05, 0.1) is 28.8 Å². The van der Waals surface area contributed by atoms with Crippen LogP contribution < -0.4 is 0 Å². The molecule has 0 bridgehead atoms. The van der Waals surface area contributed by atoms with Gasteiger partial charge in [0.25, 0.3) is 0 Å². The number of esters is 2. The van der Waals surface area contributed by atoms with Gasteiger partial charge in [0.1, 0.15) is 11.6 Å². The van der Waals surface area contributed by atoms with Gasteiger partial charge >= 0.3 is 11.9 Å². The lowest BCUT2D eigenvalue weighted by atomic mass is 10.0. The number of benzene rings is 2. The molecule has 0 atom stereocenters. The minimum Gasteiger partial charge on any atom is -0.462 e. The SMILES string of the molecule is CCOC(=O)c1ccc2c(c1)nc(/C=C(/OC(=O)c1ccccc1)C1=CC=CCC1)n2CC. The van der Waals surface area contributed by atoms with E-state index in [2.05, 4.69) is 6.08 Å². The van der Waals surface area contributed by atoms with E-state index in [1.165, 1.54) is 0 Å². The van der Waals surface area contributed by atoms with Crippen molar-refractivity contribution in [2.45, 2.75) is 33.2 Å². The summed E-state index contributed by atoms with van der Waals surface area (Å²) in [4.78, 5) is 29.7. The molecule has 0 aliphatic heterocycles. The zero-order valence-electron chi connectivity index (χ0n) is 18.8. The van der Waals surface area contributed by atoms with Gasteiger partial charge in [0.15, 0.2) is 0 Å². The Morgan fingerprint density at radius 3 is 2.58 bits per heavy atom. The Kier molecular flexibility index (Phi) is 6.83. The average Bonchev–Trinajstić information content (AvgIpc) is 3.21. The number of hydrogen-bond donors (Lipinski definition) is 0. The van der Waals surface area contributed by atoms with Gasteiger partial charge in [0, 0.05) is 12.6 Å². The molecule has 1 aliphatic carbocycles. The zero-order valence-corrected chi connectivity index (χ0v) is 18.8. The monoisotopic (exact) mass is 442 g/mol. The van der Waals surface area contributed by atoms with Crippen LogP contribution in [0.5, 0.6) is 0 Å². The first-order valence-electron chi connectivity index (χ1n) is 11.1. The molecule has 1 aliphatic rings. The summed E-state index contributed by atoms with van der Waals surface area (Å²) < 4.78 is 13.0. The van der Waals surface area contributed by atoms with Crippen LogP contribution in [0.1, 0.15) is 53.2 Å². The molecule has 33 heavy (non-hydrogen) atoms. The Morgan fingerprint density at radius 1 is 1.06 bits per heavy atom. The number of rotatable bonds is 7. The highest BCUT2D eigenvalue weighted by atomic mass is 16.5. The van der Waals surface area contributed by atoms with Gasteiger partial charge in [-0.15, -0.1) is 0 Å². The van der Waals surface area contributed by atoms with Crippen LogP contribution in [0.2, 0.25) is 0 Å². The molecule has 0 spiro atoms. The Labute approximate surface area is 192 Å². The van der Waals surface area contributed by atoms with E-state index < -0.39 is 5.97 Å². The van der Waals surface area contributed by atoms with Crippen LogP contribution in [0.25, 0.3) is 17.1 Å². The number of ether oxygens (including phenoxy) is 2. The van der Waals surface area contributed by atoms with Crippen molar-refractivity contribution in [1.82, 2.24) is 9.55 Å². The molecule has 0 unspecified atom stereocenters. The van der Waals surface area contributed by atoms with Crippen molar-refractivity contribution in [3.05, 3.63) is 95.0 Å². The fraction of sp³-hybridized carbons (Fsp3) is 0.222. The lowest BCUT2D eigenvalue weighted by molar-refractivity contribution is 0.0525. The molecule has 168 valence electrons. The van der Waals surface area contributed by atoms with Gasteiger partial charge in [-0.2, -0.15) is 0 Å². The van der Waals surface area contributed by atoms with Crippen LogP contribution in [0.4, 0.5) is 0 Å². The number of imidazole rings is 1. The lowest BCUT2D eigenvalue weighted by Gasteiger charge is -2.14. The van der Waals surface area contributed by atoms with E-state index in [0.29, 0.717) is 41.4 Å². The second kappa shape index (κ2) is 10.1. The van der Waals surface area contributed by atoms with Crippen LogP contribution in [-0.4, -0.2) is 28.1 Å². The second-order valence-corrected chi connectivity index (χ2v) is 7.56. The van der Waals surface area contributed by atoms with Gasteiger partial charge in [0.2, 0.25) is 0 Å². The average molecular weight is 443 g/mol. The summed E-state index contributed by atoms with van der Waals surface area (Å²) >= 11 is 0. The molecule has 0 amide bonds. The van der Waals surface area contributed by atoms with E-state index in [1.807, 2.05) is 35.8 Å². The molecular formula is C27H26N2O4. The molecule has 0 saturated carbocycles. The first-order chi connectivity index (χ1) is 16.1. The van der Waals surface area contributed by atoms with E-state index in [0.717, 1.165) is 23.9 Å². The highest BCUT2D eigenvalue weighted by Gasteiger charge is 2.18. The Bertz CT molecular complexity index is 1270. The smallest absolute Gasteiger partial charge is 0.343 e. The molecule has 3 aromatic rings. The molecule has 2 aromatic carbocycles. The van der Waals surface area contributed by atoms with Gasteiger partial charge in [-0.3, -0.25) is 0 Å². The summed E-state index contributed by atoms with van der Waals surface area (Å²) in [5, 5.41) is 0. The van der Waals surface area contributed by atoms with Crippen LogP contribution in [0.3, 0.4) is 0 Å². The van der Waals surface area contributed by atoms with Gasteiger partial charge in [-0.25, -0.2) is 14.6 Å². The second-order valence-electron chi connectivity index (χ2n) is 7.56. The topological polar surface area (TPSA) is 70.4 Å². The van der Waals surface area contributed by atoms with Crippen LogP contribution >= 0.6 is 0 Å². The lowest BCUT2D eigenvalue weighted by Crippen LogP contribution is -2.08. The third kappa shape index (κ3) is 4.95. The summed E-state index contributed by atoms with van der Waals surface area (Å²) in [6, 6.07) is 14.3. The number of carbonyl (C=O) groups excluding carboxylic acids is 2. The normalized spacial score (nSPS) is 13.6. The van der Waals surface area contributed by atoms with E-state index >= 15 is 0 Å². The van der Waals surface area contributed by atoms with Crippen molar-refractivity contribution in [2.24, 2.45) is 0 Å². The Morgan fingerprint density at radius 2 is 1.88 bits per heavy atom. The molecule has 4 rings (SSSR count). The number of allylic oxidation sites excluding steroid dienone is 4. The van der Waals surface area contributed by atoms with E-state index in [4.69, 9.17) is 14.5 Å². The first kappa shape index (κ1) is 22.3. The molecule has 1 heterocycles. The van der Waals surface area contributed by atoms with Gasteiger partial charge in [-0.05, 0) is 62.6 Å². The molecule has 0 radical (unpaired) electrons. The fourth-order valence-electron chi connectivity index (χ4n) is 3.78.